The molecule has 8 nitrogen and oxygen atoms in total. The van der Waals surface area contributed by atoms with Gasteiger partial charge in [-0.25, -0.2) is 0 Å². The number of rotatable bonds is 5. The Morgan fingerprint density at radius 1 is 1.03 bits per heavy atom. The zero-order valence-corrected chi connectivity index (χ0v) is 18.8. The van der Waals surface area contributed by atoms with Gasteiger partial charge in [-0.05, 0) is 31.0 Å². The van der Waals surface area contributed by atoms with Crippen molar-refractivity contribution in [1.82, 2.24) is 9.78 Å². The molecule has 8 heteroatoms. The van der Waals surface area contributed by atoms with Crippen LogP contribution in [0.5, 0.6) is 0 Å². The van der Waals surface area contributed by atoms with Crippen LogP contribution in [0.25, 0.3) is 27.7 Å². The summed E-state index contributed by atoms with van der Waals surface area (Å²) in [5.41, 5.74) is 1.79. The summed E-state index contributed by atoms with van der Waals surface area (Å²) in [6, 6.07) is 21.6. The third-order valence-corrected chi connectivity index (χ3v) is 6.31. The second-order valence-electron chi connectivity index (χ2n) is 8.35. The molecule has 1 saturated heterocycles. The molecule has 0 spiro atoms. The highest BCUT2D eigenvalue weighted by Gasteiger charge is 2.25. The van der Waals surface area contributed by atoms with Gasteiger partial charge in [-0.1, -0.05) is 48.5 Å². The van der Waals surface area contributed by atoms with Crippen LogP contribution >= 0.6 is 0 Å². The SMILES string of the molecule is COC1CCCN(c2ccc([N+](=O)[O-])c(-n3nc(-c4ccccc4)c4ccccc4c3=O)c2)C1. The number of hydrogen-bond donors (Lipinski definition) is 0. The van der Waals surface area contributed by atoms with E-state index in [0.29, 0.717) is 23.0 Å². The lowest BCUT2D eigenvalue weighted by Crippen LogP contribution is -2.39. The number of hydrogen-bond acceptors (Lipinski definition) is 6. The van der Waals surface area contributed by atoms with Crippen molar-refractivity contribution in [1.29, 1.82) is 0 Å². The van der Waals surface area contributed by atoms with Gasteiger partial charge in [-0.2, -0.15) is 9.78 Å². The van der Waals surface area contributed by atoms with Gasteiger partial charge in [-0.15, -0.1) is 0 Å². The second-order valence-corrected chi connectivity index (χ2v) is 8.35. The smallest absolute Gasteiger partial charge is 0.295 e. The predicted molar refractivity (Wildman–Crippen MR) is 132 cm³/mol. The number of benzene rings is 3. The molecule has 0 aliphatic carbocycles. The lowest BCUT2D eigenvalue weighted by atomic mass is 10.0. The van der Waals surface area contributed by atoms with E-state index >= 15 is 0 Å². The summed E-state index contributed by atoms with van der Waals surface area (Å²) < 4.78 is 6.70. The van der Waals surface area contributed by atoms with E-state index in [1.54, 1.807) is 31.4 Å². The third-order valence-electron chi connectivity index (χ3n) is 6.31. The normalized spacial score (nSPS) is 16.0. The number of aromatic nitrogens is 2. The Labute approximate surface area is 196 Å². The van der Waals surface area contributed by atoms with Crippen molar-refractivity contribution in [3.05, 3.63) is 93.3 Å². The van der Waals surface area contributed by atoms with Gasteiger partial charge in [0.25, 0.3) is 11.2 Å². The Hall–Kier alpha value is -4.04. The molecule has 5 rings (SSSR count). The van der Waals surface area contributed by atoms with Crippen molar-refractivity contribution in [2.24, 2.45) is 0 Å². The molecule has 1 atom stereocenters. The van der Waals surface area contributed by atoms with Gasteiger partial charge in [0.1, 0.15) is 5.69 Å². The maximum absolute atomic E-state index is 13.5. The molecule has 0 N–H and O–H groups in total. The Morgan fingerprint density at radius 3 is 2.50 bits per heavy atom. The first kappa shape index (κ1) is 21.8. The number of nitrogens with zero attached hydrogens (tertiary/aromatic N) is 4. The van der Waals surface area contributed by atoms with E-state index in [4.69, 9.17) is 4.74 Å². The summed E-state index contributed by atoms with van der Waals surface area (Å²) in [6.45, 7) is 1.50. The number of methoxy groups -OCH3 is 1. The van der Waals surface area contributed by atoms with Crippen molar-refractivity contribution < 1.29 is 9.66 Å². The van der Waals surface area contributed by atoms with Crippen LogP contribution in [0, 0.1) is 10.1 Å². The highest BCUT2D eigenvalue weighted by molar-refractivity contribution is 5.94. The van der Waals surface area contributed by atoms with Crippen LogP contribution in [0.4, 0.5) is 11.4 Å². The molecule has 34 heavy (non-hydrogen) atoms. The van der Waals surface area contributed by atoms with Crippen LogP contribution in [0.15, 0.2) is 77.6 Å². The topological polar surface area (TPSA) is 90.5 Å². The van der Waals surface area contributed by atoms with E-state index in [1.165, 1.54) is 10.7 Å². The summed E-state index contributed by atoms with van der Waals surface area (Å²) >= 11 is 0. The molecule has 1 aliphatic heterocycles. The fourth-order valence-electron chi connectivity index (χ4n) is 4.56. The first-order valence-corrected chi connectivity index (χ1v) is 11.2. The molecule has 4 aromatic rings. The van der Waals surface area contributed by atoms with Crippen molar-refractivity contribution in [3.63, 3.8) is 0 Å². The van der Waals surface area contributed by atoms with E-state index in [-0.39, 0.29) is 17.5 Å². The van der Waals surface area contributed by atoms with Gasteiger partial charge in [0, 0.05) is 42.9 Å². The predicted octanol–water partition coefficient (Wildman–Crippen LogP) is 4.58. The lowest BCUT2D eigenvalue weighted by Gasteiger charge is -2.33. The standard InChI is InChI=1S/C26H24N4O4/c1-34-20-10-7-15-28(17-20)19-13-14-23(30(32)33)24(16-19)29-26(31)22-12-6-5-11-21(22)25(27-29)18-8-3-2-4-9-18/h2-6,8-9,11-14,16,20H,7,10,15,17H2,1H3. The first-order valence-electron chi connectivity index (χ1n) is 11.2. The van der Waals surface area contributed by atoms with E-state index in [0.717, 1.165) is 30.6 Å². The van der Waals surface area contributed by atoms with Crippen molar-refractivity contribution in [2.75, 3.05) is 25.1 Å². The van der Waals surface area contributed by atoms with E-state index in [1.807, 2.05) is 42.5 Å². The largest absolute Gasteiger partial charge is 0.380 e. The minimum atomic E-state index is -0.473. The summed E-state index contributed by atoms with van der Waals surface area (Å²) in [7, 11) is 1.69. The molecule has 2 heterocycles. The average molecular weight is 457 g/mol. The highest BCUT2D eigenvalue weighted by atomic mass is 16.6. The monoisotopic (exact) mass is 456 g/mol. The highest BCUT2D eigenvalue weighted by Crippen LogP contribution is 2.31. The van der Waals surface area contributed by atoms with Gasteiger partial charge < -0.3 is 9.64 Å². The Morgan fingerprint density at radius 2 is 1.76 bits per heavy atom. The number of piperidine rings is 1. The van der Waals surface area contributed by atoms with Crippen molar-refractivity contribution >= 4 is 22.1 Å². The summed E-state index contributed by atoms with van der Waals surface area (Å²) in [5.74, 6) is 0. The molecule has 1 unspecified atom stereocenters. The number of ether oxygens (including phenoxy) is 1. The number of nitro groups is 1. The zero-order valence-electron chi connectivity index (χ0n) is 18.8. The number of fused-ring (bicyclic) bond motifs is 1. The van der Waals surface area contributed by atoms with Crippen LogP contribution in [0.1, 0.15) is 12.8 Å². The maximum atomic E-state index is 13.5. The van der Waals surface area contributed by atoms with E-state index in [2.05, 4.69) is 10.00 Å². The minimum absolute atomic E-state index is 0.0959. The van der Waals surface area contributed by atoms with Gasteiger partial charge in [0.15, 0.2) is 0 Å². The van der Waals surface area contributed by atoms with Gasteiger partial charge in [0.2, 0.25) is 0 Å². The fraction of sp³-hybridized carbons (Fsp3) is 0.231. The molecule has 0 bridgehead atoms. The molecule has 1 fully saturated rings. The Bertz CT molecular complexity index is 1420. The van der Waals surface area contributed by atoms with E-state index in [9.17, 15) is 14.9 Å². The van der Waals surface area contributed by atoms with Crippen LogP contribution in [0.2, 0.25) is 0 Å². The van der Waals surface area contributed by atoms with E-state index < -0.39 is 10.5 Å². The zero-order chi connectivity index (χ0) is 23.7. The van der Waals surface area contributed by atoms with Crippen LogP contribution in [0.3, 0.4) is 0 Å². The van der Waals surface area contributed by atoms with Gasteiger partial charge in [-0.3, -0.25) is 14.9 Å². The fourth-order valence-corrected chi connectivity index (χ4v) is 4.56. The minimum Gasteiger partial charge on any atom is -0.380 e. The van der Waals surface area contributed by atoms with Crippen molar-refractivity contribution in [2.45, 2.75) is 18.9 Å². The lowest BCUT2D eigenvalue weighted by molar-refractivity contribution is -0.384. The van der Waals surface area contributed by atoms with Gasteiger partial charge in [0.05, 0.1) is 22.1 Å². The first-order chi connectivity index (χ1) is 16.6. The second kappa shape index (κ2) is 9.07. The maximum Gasteiger partial charge on any atom is 0.295 e. The molecule has 3 aromatic carbocycles. The molecule has 0 radical (unpaired) electrons. The summed E-state index contributed by atoms with van der Waals surface area (Å²) in [5, 5.41) is 17.8. The Balaban J connectivity index is 1.74. The number of nitro benzene ring substituents is 1. The molecule has 0 saturated carbocycles. The van der Waals surface area contributed by atoms with Gasteiger partial charge >= 0.3 is 0 Å². The molecule has 1 aliphatic rings. The summed E-state index contributed by atoms with van der Waals surface area (Å²) in [6.07, 6.45) is 2.02. The molecule has 172 valence electrons. The van der Waals surface area contributed by atoms with Crippen molar-refractivity contribution in [3.8, 4) is 16.9 Å². The third kappa shape index (κ3) is 3.92. The number of anilines is 1. The quantitative estimate of drug-likeness (QED) is 0.323. The molecule has 0 amide bonds. The van der Waals surface area contributed by atoms with Crippen LogP contribution in [-0.4, -0.2) is 41.0 Å². The van der Waals surface area contributed by atoms with Crippen LogP contribution < -0.4 is 10.5 Å². The molecule has 1 aromatic heterocycles. The molecular weight excluding hydrogens is 432 g/mol. The Kier molecular flexibility index (Phi) is 5.81. The average Bonchev–Trinajstić information content (AvgIpc) is 2.89. The van der Waals surface area contributed by atoms with Crippen LogP contribution in [-0.2, 0) is 4.74 Å². The molecular formula is C26H24N4O4. The summed E-state index contributed by atoms with van der Waals surface area (Å²) in [4.78, 5) is 27.1.